The molecule has 0 saturated carbocycles. The monoisotopic (exact) mass is 890 g/mol. The summed E-state index contributed by atoms with van der Waals surface area (Å²) < 4.78 is -2.48. The lowest BCUT2D eigenvalue weighted by Gasteiger charge is -2.53. The molecule has 122 valence electrons. The summed E-state index contributed by atoms with van der Waals surface area (Å²) in [5, 5.41) is -1.29. The van der Waals surface area contributed by atoms with Gasteiger partial charge in [0.25, 0.3) is 0.0813 Å². The maximum Gasteiger partial charge on any atom is 0.251 e. The van der Waals surface area contributed by atoms with Gasteiger partial charge in [-0.05, 0) is 16.6 Å². The molecule has 0 amide bonds. The molecule has 0 aliphatic heterocycles. The molecule has 0 aromatic rings. The molecule has 0 N–H and O–H groups in total. The van der Waals surface area contributed by atoms with Crippen molar-refractivity contribution in [1.82, 2.24) is 0 Å². The highest BCUT2D eigenvalue weighted by atomic mass is 127. The normalized spacial score (nSPS) is 23.6. The molecule has 4 unspecified atom stereocenters. The zero-order valence-corrected chi connectivity index (χ0v) is 27.0. The molecular formula is C12H27I5Si3. The van der Waals surface area contributed by atoms with Crippen LogP contribution in [0.3, 0.4) is 0 Å². The van der Waals surface area contributed by atoms with E-state index >= 15 is 0 Å². The van der Waals surface area contributed by atoms with Gasteiger partial charge in [0, 0.05) is 0 Å². The van der Waals surface area contributed by atoms with E-state index in [1.165, 1.54) is 19.3 Å². The Hall–Kier alpha value is 4.30. The average Bonchev–Trinajstić information content (AvgIpc) is 2.40. The van der Waals surface area contributed by atoms with Crippen molar-refractivity contribution in [2.45, 2.75) is 77.4 Å². The second kappa shape index (κ2) is 9.85. The van der Waals surface area contributed by atoms with Crippen molar-refractivity contribution in [2.75, 3.05) is 0 Å². The fourth-order valence-electron chi connectivity index (χ4n) is 2.95. The molecule has 8 heteroatoms. The van der Waals surface area contributed by atoms with Gasteiger partial charge in [0.1, 0.15) is 5.09 Å². The van der Waals surface area contributed by atoms with Gasteiger partial charge in [0.2, 0.25) is 0 Å². The van der Waals surface area contributed by atoms with E-state index in [0.717, 1.165) is 16.6 Å². The second-order valence-corrected chi connectivity index (χ2v) is 85.7. The first-order valence-corrected chi connectivity index (χ1v) is 31.2. The molecule has 0 rings (SSSR count). The lowest BCUT2D eigenvalue weighted by Crippen LogP contribution is -2.70. The highest BCUT2D eigenvalue weighted by molar-refractivity contribution is 14.4. The molecule has 0 spiro atoms. The molecule has 0 radical (unpaired) electrons. The Morgan fingerprint density at radius 2 is 0.950 bits per heavy atom. The van der Waals surface area contributed by atoms with Gasteiger partial charge in [-0.25, -0.2) is 0 Å². The van der Waals surface area contributed by atoms with Gasteiger partial charge in [-0.15, -0.1) is 43.6 Å². The highest BCUT2D eigenvalue weighted by Gasteiger charge is 2.68. The topological polar surface area (TPSA) is 0 Å². The number of rotatable bonds is 8. The third kappa shape index (κ3) is 4.72. The molecule has 0 fully saturated rings. The number of hydrogen-bond donors (Lipinski definition) is 0. The van der Waals surface area contributed by atoms with Crippen LogP contribution in [0.25, 0.3) is 0 Å². The first kappa shape index (κ1) is 24.3. The zero-order valence-electron chi connectivity index (χ0n) is 13.2. The molecule has 0 saturated heterocycles. The molecule has 0 aliphatic carbocycles. The van der Waals surface area contributed by atoms with Crippen LogP contribution in [-0.4, -0.2) is 9.77 Å². The lowest BCUT2D eigenvalue weighted by atomic mass is 10.4. The SMILES string of the molecule is CCC(C)[Si](I)(C(C)CC)[Si](I)(C(C)CC)[Si](I)(I)I. The molecule has 0 nitrogen and oxygen atoms in total. The van der Waals surface area contributed by atoms with Crippen LogP contribution in [0.5, 0.6) is 0 Å². The predicted molar refractivity (Wildman–Crippen MR) is 147 cm³/mol. The van der Waals surface area contributed by atoms with Crippen molar-refractivity contribution in [3.05, 3.63) is 0 Å². The van der Waals surface area contributed by atoms with Gasteiger partial charge >= 0.3 is 0 Å². The summed E-state index contributed by atoms with van der Waals surface area (Å²) in [5.74, 6) is 0. The van der Waals surface area contributed by atoms with Crippen molar-refractivity contribution >= 4 is 119 Å². The Bertz CT molecular complexity index is 300. The van der Waals surface area contributed by atoms with Gasteiger partial charge < -0.3 is 0 Å². The molecule has 0 aromatic carbocycles. The molecule has 0 aliphatic rings. The predicted octanol–water partition coefficient (Wildman–Crippen LogP) is 8.55. The van der Waals surface area contributed by atoms with Crippen LogP contribution in [0.4, 0.5) is 0 Å². The Labute approximate surface area is 192 Å². The standard InChI is InChI=1S/C12H27I5Si3/c1-7-10(4)18(13,11(5)8-2)19(14,12(6)9-3)20(15,16)17/h10-12H,7-9H2,1-6H3. The molecule has 0 heterocycles. The van der Waals surface area contributed by atoms with Gasteiger partial charge in [-0.3, -0.25) is 0 Å². The van der Waals surface area contributed by atoms with E-state index in [1.807, 2.05) is 0 Å². The highest BCUT2D eigenvalue weighted by Crippen LogP contribution is 2.62. The minimum Gasteiger partial charge on any atom is -0.121 e. The summed E-state index contributed by atoms with van der Waals surface area (Å²) >= 11 is 14.9. The third-order valence-electron chi connectivity index (χ3n) is 4.92. The largest absolute Gasteiger partial charge is 0.251 e. The third-order valence-corrected chi connectivity index (χ3v) is 142. The first-order chi connectivity index (χ1) is 8.94. The van der Waals surface area contributed by atoms with Gasteiger partial charge in [0.05, 0.1) is 0 Å². The Balaban J connectivity index is 6.17. The van der Waals surface area contributed by atoms with Crippen LogP contribution in [0.1, 0.15) is 60.8 Å². The van der Waals surface area contributed by atoms with E-state index in [2.05, 4.69) is 151 Å². The quantitative estimate of drug-likeness (QED) is 0.130. The van der Waals surface area contributed by atoms with Crippen LogP contribution < -0.4 is 0 Å². The van der Waals surface area contributed by atoms with Gasteiger partial charge in [-0.2, -0.15) is 0 Å². The van der Waals surface area contributed by atoms with Crippen molar-refractivity contribution in [1.29, 1.82) is 0 Å². The lowest BCUT2D eigenvalue weighted by molar-refractivity contribution is 0.786. The fourth-order valence-corrected chi connectivity index (χ4v) is 151. The van der Waals surface area contributed by atoms with E-state index < -0.39 is 9.77 Å². The van der Waals surface area contributed by atoms with Crippen molar-refractivity contribution in [2.24, 2.45) is 0 Å². The molecule has 0 aromatic heterocycles. The van der Waals surface area contributed by atoms with E-state index in [9.17, 15) is 0 Å². The molecule has 4 atom stereocenters. The smallest absolute Gasteiger partial charge is 0.121 e. The summed E-state index contributed by atoms with van der Waals surface area (Å²) in [6.45, 7) is 15.0. The van der Waals surface area contributed by atoms with Crippen LogP contribution in [0.15, 0.2) is 0 Å². The van der Waals surface area contributed by atoms with Crippen LogP contribution in [0, 0.1) is 0 Å². The van der Waals surface area contributed by atoms with E-state index in [1.54, 1.807) is 0 Å². The average molecular weight is 890 g/mol. The van der Waals surface area contributed by atoms with Crippen molar-refractivity contribution < 1.29 is 0 Å². The number of hydrogen-bond acceptors (Lipinski definition) is 0. The van der Waals surface area contributed by atoms with Crippen molar-refractivity contribution in [3.63, 3.8) is 0 Å². The Kier molecular flexibility index (Phi) is 12.0. The van der Waals surface area contributed by atoms with E-state index in [0.29, 0.717) is 0 Å². The zero-order chi connectivity index (χ0) is 16.4. The summed E-state index contributed by atoms with van der Waals surface area (Å²) in [6.07, 6.45) is 4.13. The van der Waals surface area contributed by atoms with Gasteiger partial charge in [-0.1, -0.05) is 126 Å². The second-order valence-electron chi connectivity index (χ2n) is 5.91. The molecule has 0 bridgehead atoms. The Morgan fingerprint density at radius 3 is 1.15 bits per heavy atom. The maximum absolute atomic E-state index is 3.10. The molecule has 20 heavy (non-hydrogen) atoms. The van der Waals surface area contributed by atoms with E-state index in [4.69, 9.17) is 0 Å². The summed E-state index contributed by atoms with van der Waals surface area (Å²) in [4.78, 5) is 0. The minimum atomic E-state index is -1.29. The first-order valence-electron chi connectivity index (χ1n) is 7.39. The van der Waals surface area contributed by atoms with Crippen LogP contribution >= 0.6 is 109 Å². The van der Waals surface area contributed by atoms with Crippen LogP contribution in [0.2, 0.25) is 16.6 Å². The van der Waals surface area contributed by atoms with Crippen LogP contribution in [-0.2, 0) is 0 Å². The van der Waals surface area contributed by atoms with E-state index in [-0.39, 0.29) is 0 Å². The Morgan fingerprint density at radius 1 is 0.650 bits per heavy atom. The maximum atomic E-state index is 3.10. The summed E-state index contributed by atoms with van der Waals surface area (Å²) in [7, 11) is 0. The minimum absolute atomic E-state index is 0.960. The van der Waals surface area contributed by atoms with Gasteiger partial charge in [0.15, 0.2) is 4.61 Å². The summed E-state index contributed by atoms with van der Waals surface area (Å²) in [5.41, 5.74) is 2.88. The molecular weight excluding hydrogens is 863 g/mol. The summed E-state index contributed by atoms with van der Waals surface area (Å²) in [6, 6.07) is 0. The van der Waals surface area contributed by atoms with Crippen molar-refractivity contribution in [3.8, 4) is 0 Å². The fraction of sp³-hybridized carbons (Fsp3) is 1.00. The number of halogens is 5.